The minimum atomic E-state index is -5.84. The van der Waals surface area contributed by atoms with E-state index in [1.54, 1.807) is 0 Å². The Morgan fingerprint density at radius 3 is 1.21 bits per heavy atom. The molecule has 0 amide bonds. The summed E-state index contributed by atoms with van der Waals surface area (Å²) in [6.45, 7) is 0. The van der Waals surface area contributed by atoms with Crippen molar-refractivity contribution >= 4 is 65.5 Å². The normalized spacial score (nSPS) is 12.8. The zero-order valence-electron chi connectivity index (χ0n) is 13.6. The average molecular weight is 587 g/mol. The number of halogens is 10. The Morgan fingerprint density at radius 2 is 1.00 bits per heavy atom. The van der Waals surface area contributed by atoms with Crippen LogP contribution >= 0.6 is 55.1 Å². The van der Waals surface area contributed by atoms with Crippen molar-refractivity contribution in [2.75, 3.05) is 0 Å². The lowest BCUT2D eigenvalue weighted by molar-refractivity contribution is -0.288. The maximum Gasteiger partial charge on any atom is 0.411 e. The monoisotopic (exact) mass is 584 g/mol. The predicted octanol–water partition coefficient (Wildman–Crippen LogP) is 7.38. The Kier molecular flexibility index (Phi) is 6.84. The van der Waals surface area contributed by atoms with E-state index in [1.807, 2.05) is 0 Å². The summed E-state index contributed by atoms with van der Waals surface area (Å²) in [5, 5.41) is -2.14. The largest absolute Gasteiger partial charge is 0.411 e. The molecule has 0 saturated carbocycles. The zero-order valence-corrected chi connectivity index (χ0v) is 18.2. The minimum Gasteiger partial charge on any atom is -0.276 e. The van der Waals surface area contributed by atoms with E-state index in [4.69, 9.17) is 23.2 Å². The maximum atomic E-state index is 14.1. The Labute approximate surface area is 186 Å². The van der Waals surface area contributed by atoms with Crippen molar-refractivity contribution in [1.82, 2.24) is 0 Å². The van der Waals surface area contributed by atoms with Crippen LogP contribution in [0.2, 0.25) is 0 Å². The second-order valence-corrected chi connectivity index (χ2v) is 8.08. The standard InChI is InChI=1S/C17H6Br2Cl2F6O2/c18-11-5-7(1-3-9(11)13(20)28)15(16(22,23)24,17(25,26)27)8-2-4-10(14(21)29)12(19)6-8/h1-6H. The van der Waals surface area contributed by atoms with E-state index in [2.05, 4.69) is 31.9 Å². The summed E-state index contributed by atoms with van der Waals surface area (Å²) in [4.78, 5) is 22.6. The second kappa shape index (κ2) is 8.20. The quantitative estimate of drug-likeness (QED) is 0.277. The molecule has 2 aromatic rings. The van der Waals surface area contributed by atoms with Crippen LogP contribution in [0.5, 0.6) is 0 Å². The number of alkyl halides is 6. The molecule has 0 radical (unpaired) electrons. The zero-order chi connectivity index (χ0) is 22.4. The molecule has 0 aliphatic rings. The summed E-state index contributed by atoms with van der Waals surface area (Å²) in [6.07, 6.45) is -11.7. The lowest BCUT2D eigenvalue weighted by atomic mass is 9.72. The number of carbonyl (C=O) groups excluding carboxylic acids is 2. The van der Waals surface area contributed by atoms with E-state index in [-0.39, 0.29) is 20.1 Å². The maximum absolute atomic E-state index is 14.1. The number of hydrogen-bond donors (Lipinski definition) is 0. The topological polar surface area (TPSA) is 34.1 Å². The average Bonchev–Trinajstić information content (AvgIpc) is 2.52. The van der Waals surface area contributed by atoms with Gasteiger partial charge < -0.3 is 0 Å². The highest BCUT2D eigenvalue weighted by molar-refractivity contribution is 9.10. The smallest absolute Gasteiger partial charge is 0.276 e. The molecule has 0 unspecified atom stereocenters. The number of rotatable bonds is 4. The van der Waals surface area contributed by atoms with E-state index >= 15 is 0 Å². The molecule has 156 valence electrons. The van der Waals surface area contributed by atoms with Gasteiger partial charge in [0.2, 0.25) is 5.41 Å². The van der Waals surface area contributed by atoms with Gasteiger partial charge in [0.15, 0.2) is 0 Å². The summed E-state index contributed by atoms with van der Waals surface area (Å²) < 4.78 is 83.8. The van der Waals surface area contributed by atoms with E-state index in [1.165, 1.54) is 0 Å². The van der Waals surface area contributed by atoms with Crippen LogP contribution in [0.1, 0.15) is 31.8 Å². The van der Waals surface area contributed by atoms with E-state index < -0.39 is 39.4 Å². The van der Waals surface area contributed by atoms with Gasteiger partial charge in [0.05, 0.1) is 0 Å². The van der Waals surface area contributed by atoms with Gasteiger partial charge in [-0.1, -0.05) is 12.1 Å². The molecule has 0 aliphatic heterocycles. The molecule has 0 bridgehead atoms. The first-order chi connectivity index (χ1) is 13.1. The highest BCUT2D eigenvalue weighted by atomic mass is 79.9. The van der Waals surface area contributed by atoms with Crippen LogP contribution in [-0.2, 0) is 5.41 Å². The van der Waals surface area contributed by atoms with Gasteiger partial charge in [0.1, 0.15) is 0 Å². The molecular weight excluding hydrogens is 581 g/mol. The number of benzene rings is 2. The van der Waals surface area contributed by atoms with Gasteiger partial charge in [-0.25, -0.2) is 0 Å². The van der Waals surface area contributed by atoms with Gasteiger partial charge in [0, 0.05) is 20.1 Å². The Balaban J connectivity index is 2.95. The molecule has 2 rings (SSSR count). The number of carbonyl (C=O) groups is 2. The van der Waals surface area contributed by atoms with Crippen molar-refractivity contribution in [1.29, 1.82) is 0 Å². The molecule has 0 fully saturated rings. The van der Waals surface area contributed by atoms with Gasteiger partial charge >= 0.3 is 12.4 Å². The molecular formula is C17H6Br2Cl2F6O2. The Bertz CT molecular complexity index is 909. The van der Waals surface area contributed by atoms with Crippen molar-refractivity contribution in [2.24, 2.45) is 0 Å². The third-order valence-corrected chi connectivity index (χ3v) is 5.80. The van der Waals surface area contributed by atoms with Crippen molar-refractivity contribution in [2.45, 2.75) is 17.8 Å². The molecule has 0 aromatic heterocycles. The third kappa shape index (κ3) is 4.22. The SMILES string of the molecule is O=C(Cl)c1ccc(C(c2ccc(C(=O)Cl)c(Br)c2)(C(F)(F)F)C(F)(F)F)cc1Br. The molecule has 12 heteroatoms. The second-order valence-electron chi connectivity index (χ2n) is 5.68. The highest BCUT2D eigenvalue weighted by Crippen LogP contribution is 2.57. The minimum absolute atomic E-state index is 0.307. The van der Waals surface area contributed by atoms with Crippen molar-refractivity contribution in [3.63, 3.8) is 0 Å². The van der Waals surface area contributed by atoms with Crippen molar-refractivity contribution in [3.05, 3.63) is 67.6 Å². The van der Waals surface area contributed by atoms with Crippen LogP contribution in [0.4, 0.5) is 26.3 Å². The molecule has 0 saturated heterocycles. The van der Waals surface area contributed by atoms with Crippen LogP contribution in [0.25, 0.3) is 0 Å². The fraction of sp³-hybridized carbons (Fsp3) is 0.176. The first-order valence-electron chi connectivity index (χ1n) is 7.27. The number of hydrogen-bond acceptors (Lipinski definition) is 2. The summed E-state index contributed by atoms with van der Waals surface area (Å²) in [7, 11) is 0. The fourth-order valence-corrected chi connectivity index (χ4v) is 4.47. The first-order valence-corrected chi connectivity index (χ1v) is 9.62. The fourth-order valence-electron chi connectivity index (χ4n) is 2.80. The van der Waals surface area contributed by atoms with Crippen LogP contribution in [-0.4, -0.2) is 22.8 Å². The molecule has 29 heavy (non-hydrogen) atoms. The predicted molar refractivity (Wildman–Crippen MR) is 102 cm³/mol. The van der Waals surface area contributed by atoms with Gasteiger partial charge in [-0.3, -0.25) is 9.59 Å². The Hall–Kier alpha value is -1.10. The van der Waals surface area contributed by atoms with Crippen LogP contribution < -0.4 is 0 Å². The highest BCUT2D eigenvalue weighted by Gasteiger charge is 2.72. The summed E-state index contributed by atoms with van der Waals surface area (Å²) in [5.41, 5.74) is -7.49. The van der Waals surface area contributed by atoms with E-state index in [0.29, 0.717) is 24.3 Å². The first kappa shape index (κ1) is 24.2. The Morgan fingerprint density at radius 1 is 0.690 bits per heavy atom. The molecule has 0 atom stereocenters. The van der Waals surface area contributed by atoms with Gasteiger partial charge in [-0.15, -0.1) is 0 Å². The van der Waals surface area contributed by atoms with Crippen molar-refractivity contribution in [3.8, 4) is 0 Å². The lowest BCUT2D eigenvalue weighted by Gasteiger charge is -2.38. The van der Waals surface area contributed by atoms with Crippen LogP contribution in [0, 0.1) is 0 Å². The van der Waals surface area contributed by atoms with Gasteiger partial charge in [-0.05, 0) is 90.5 Å². The molecule has 0 aliphatic carbocycles. The van der Waals surface area contributed by atoms with Gasteiger partial charge in [-0.2, -0.15) is 26.3 Å². The molecule has 2 nitrogen and oxygen atoms in total. The van der Waals surface area contributed by atoms with Gasteiger partial charge in [0.25, 0.3) is 10.5 Å². The molecule has 0 N–H and O–H groups in total. The summed E-state index contributed by atoms with van der Waals surface area (Å²) in [5.74, 6) is 0. The van der Waals surface area contributed by atoms with E-state index in [9.17, 15) is 35.9 Å². The molecule has 2 aromatic carbocycles. The van der Waals surface area contributed by atoms with Crippen LogP contribution in [0.3, 0.4) is 0 Å². The van der Waals surface area contributed by atoms with Crippen molar-refractivity contribution < 1.29 is 35.9 Å². The van der Waals surface area contributed by atoms with Crippen LogP contribution in [0.15, 0.2) is 45.3 Å². The molecule has 0 spiro atoms. The molecule has 0 heterocycles. The third-order valence-electron chi connectivity index (χ3n) is 4.08. The van der Waals surface area contributed by atoms with E-state index in [0.717, 1.165) is 12.1 Å². The summed E-state index contributed by atoms with van der Waals surface area (Å²) >= 11 is 16.1. The summed E-state index contributed by atoms with van der Waals surface area (Å²) in [6, 6.07) is 3.63. The lowest BCUT2D eigenvalue weighted by Crippen LogP contribution is -2.54.